The maximum Gasteiger partial charge on any atom is 0.165 e. The molecule has 0 N–H and O–H groups in total. The number of nitrogens with zero attached hydrogens (tertiary/aromatic N) is 4. The Kier molecular flexibility index (Phi) is 5.95. The van der Waals surface area contributed by atoms with E-state index in [2.05, 4.69) is 58.7 Å². The maximum atomic E-state index is 5.60. The maximum absolute atomic E-state index is 5.60. The number of anilines is 1. The smallest absolute Gasteiger partial charge is 0.165 e. The van der Waals surface area contributed by atoms with Gasteiger partial charge < -0.3 is 14.4 Å². The molecular formula is C24H30N4O2. The lowest BCUT2D eigenvalue weighted by atomic mass is 10.1. The second-order valence-electron chi connectivity index (χ2n) is 7.68. The van der Waals surface area contributed by atoms with Gasteiger partial charge in [-0.25, -0.2) is 4.68 Å². The van der Waals surface area contributed by atoms with E-state index < -0.39 is 0 Å². The van der Waals surface area contributed by atoms with E-state index >= 15 is 0 Å². The Morgan fingerprint density at radius 3 is 2.27 bits per heavy atom. The van der Waals surface area contributed by atoms with Crippen molar-refractivity contribution in [1.82, 2.24) is 14.7 Å². The van der Waals surface area contributed by atoms with Crippen LogP contribution < -0.4 is 14.4 Å². The van der Waals surface area contributed by atoms with Gasteiger partial charge in [0.25, 0.3) is 0 Å². The molecule has 1 saturated heterocycles. The molecule has 2 aromatic carbocycles. The molecule has 6 heteroatoms. The first-order valence-electron chi connectivity index (χ1n) is 10.4. The van der Waals surface area contributed by atoms with Crippen LogP contribution in [0.1, 0.15) is 17.0 Å². The van der Waals surface area contributed by atoms with Gasteiger partial charge >= 0.3 is 0 Å². The molecule has 1 aromatic heterocycles. The molecule has 0 amide bonds. The predicted molar refractivity (Wildman–Crippen MR) is 120 cm³/mol. The molecule has 4 rings (SSSR count). The van der Waals surface area contributed by atoms with Gasteiger partial charge in [0.1, 0.15) is 0 Å². The lowest BCUT2D eigenvalue weighted by molar-refractivity contribution is 0.244. The third-order valence-electron chi connectivity index (χ3n) is 5.82. The van der Waals surface area contributed by atoms with Crippen LogP contribution >= 0.6 is 0 Å². The van der Waals surface area contributed by atoms with Crippen molar-refractivity contribution in [1.29, 1.82) is 0 Å². The fourth-order valence-electron chi connectivity index (χ4n) is 4.36. The molecule has 2 heterocycles. The first-order chi connectivity index (χ1) is 14.6. The number of para-hydroxylation sites is 2. The Hall–Kier alpha value is -2.99. The van der Waals surface area contributed by atoms with Crippen LogP contribution in [0.4, 0.5) is 5.69 Å². The van der Waals surface area contributed by atoms with Gasteiger partial charge in [-0.3, -0.25) is 4.90 Å². The minimum atomic E-state index is 0.785. The monoisotopic (exact) mass is 406 g/mol. The highest BCUT2D eigenvalue weighted by atomic mass is 16.5. The number of hydrogen-bond acceptors (Lipinski definition) is 5. The Balaban J connectivity index is 1.47. The average molecular weight is 407 g/mol. The molecule has 1 fully saturated rings. The Labute approximate surface area is 178 Å². The second kappa shape index (κ2) is 8.79. The summed E-state index contributed by atoms with van der Waals surface area (Å²) in [5.41, 5.74) is 5.81. The van der Waals surface area contributed by atoms with Gasteiger partial charge in [-0.05, 0) is 32.0 Å². The lowest BCUT2D eigenvalue weighted by Crippen LogP contribution is -2.46. The molecule has 0 spiro atoms. The molecule has 0 saturated carbocycles. The van der Waals surface area contributed by atoms with Gasteiger partial charge in [0.05, 0.1) is 37.0 Å². The fourth-order valence-corrected chi connectivity index (χ4v) is 4.36. The molecule has 6 nitrogen and oxygen atoms in total. The van der Waals surface area contributed by atoms with Crippen LogP contribution in [0.2, 0.25) is 0 Å². The minimum Gasteiger partial charge on any atom is -0.493 e. The van der Waals surface area contributed by atoms with Crippen LogP contribution in [-0.4, -0.2) is 55.1 Å². The summed E-state index contributed by atoms with van der Waals surface area (Å²) in [6, 6.07) is 16.4. The van der Waals surface area contributed by atoms with Gasteiger partial charge in [-0.2, -0.15) is 5.10 Å². The first-order valence-corrected chi connectivity index (χ1v) is 10.4. The Morgan fingerprint density at radius 1 is 0.867 bits per heavy atom. The fraction of sp³-hybridized carbons (Fsp3) is 0.375. The summed E-state index contributed by atoms with van der Waals surface area (Å²) >= 11 is 0. The van der Waals surface area contributed by atoms with Gasteiger partial charge in [0.2, 0.25) is 0 Å². The van der Waals surface area contributed by atoms with Crippen molar-refractivity contribution in [3.63, 3.8) is 0 Å². The van der Waals surface area contributed by atoms with Crippen molar-refractivity contribution in [2.45, 2.75) is 20.4 Å². The third kappa shape index (κ3) is 3.87. The number of methoxy groups -OCH3 is 2. The predicted octanol–water partition coefficient (Wildman–Crippen LogP) is 3.83. The second-order valence-corrected chi connectivity index (χ2v) is 7.68. The quantitative estimate of drug-likeness (QED) is 0.622. The number of benzene rings is 2. The first kappa shape index (κ1) is 20.3. The van der Waals surface area contributed by atoms with Gasteiger partial charge in [0, 0.05) is 38.3 Å². The Bertz CT molecular complexity index is 992. The van der Waals surface area contributed by atoms with E-state index in [4.69, 9.17) is 14.6 Å². The molecule has 158 valence electrons. The van der Waals surface area contributed by atoms with E-state index in [0.717, 1.165) is 61.2 Å². The zero-order chi connectivity index (χ0) is 21.1. The average Bonchev–Trinajstić information content (AvgIpc) is 3.08. The van der Waals surface area contributed by atoms with E-state index in [9.17, 15) is 0 Å². The molecule has 1 aliphatic heterocycles. The standard InChI is InChI=1S/C24H30N4O2/c1-18-23(19(2)28(25-18)21-10-6-5-7-11-21)27-15-13-26(14-16-27)17-20-9-8-12-22(29-3)24(20)30-4/h5-12H,13-17H2,1-4H3. The molecule has 0 radical (unpaired) electrons. The third-order valence-corrected chi connectivity index (χ3v) is 5.82. The topological polar surface area (TPSA) is 42.8 Å². The Morgan fingerprint density at radius 2 is 1.60 bits per heavy atom. The molecule has 1 aliphatic rings. The zero-order valence-electron chi connectivity index (χ0n) is 18.3. The minimum absolute atomic E-state index is 0.785. The summed E-state index contributed by atoms with van der Waals surface area (Å²) in [6.45, 7) is 9.08. The van der Waals surface area contributed by atoms with Crippen molar-refractivity contribution < 1.29 is 9.47 Å². The summed E-state index contributed by atoms with van der Waals surface area (Å²) in [4.78, 5) is 4.94. The van der Waals surface area contributed by atoms with Gasteiger partial charge in [-0.15, -0.1) is 0 Å². The van der Waals surface area contributed by atoms with E-state index in [-0.39, 0.29) is 0 Å². The van der Waals surface area contributed by atoms with E-state index in [1.165, 1.54) is 11.4 Å². The summed E-state index contributed by atoms with van der Waals surface area (Å²) < 4.78 is 13.1. The van der Waals surface area contributed by atoms with Crippen molar-refractivity contribution in [2.75, 3.05) is 45.3 Å². The molecule has 0 bridgehead atoms. The van der Waals surface area contributed by atoms with Crippen LogP contribution in [0.15, 0.2) is 48.5 Å². The SMILES string of the molecule is COc1cccc(CN2CCN(c3c(C)nn(-c4ccccc4)c3C)CC2)c1OC. The van der Waals surface area contributed by atoms with E-state index in [1.54, 1.807) is 14.2 Å². The molecule has 0 atom stereocenters. The highest BCUT2D eigenvalue weighted by molar-refractivity contribution is 5.57. The highest BCUT2D eigenvalue weighted by Gasteiger charge is 2.24. The van der Waals surface area contributed by atoms with Crippen LogP contribution in [0.3, 0.4) is 0 Å². The lowest BCUT2D eigenvalue weighted by Gasteiger charge is -2.36. The number of piperazine rings is 1. The number of rotatable bonds is 6. The van der Waals surface area contributed by atoms with E-state index in [0.29, 0.717) is 0 Å². The molecule has 30 heavy (non-hydrogen) atoms. The van der Waals surface area contributed by atoms with Crippen molar-refractivity contribution in [3.8, 4) is 17.2 Å². The van der Waals surface area contributed by atoms with Crippen molar-refractivity contribution in [2.24, 2.45) is 0 Å². The van der Waals surface area contributed by atoms with Gasteiger partial charge in [-0.1, -0.05) is 30.3 Å². The van der Waals surface area contributed by atoms with Crippen LogP contribution in [-0.2, 0) is 6.54 Å². The molecular weight excluding hydrogens is 376 g/mol. The largest absolute Gasteiger partial charge is 0.493 e. The summed E-state index contributed by atoms with van der Waals surface area (Å²) in [5.74, 6) is 1.62. The zero-order valence-corrected chi connectivity index (χ0v) is 18.3. The van der Waals surface area contributed by atoms with Crippen molar-refractivity contribution >= 4 is 5.69 Å². The highest BCUT2D eigenvalue weighted by Crippen LogP contribution is 2.32. The van der Waals surface area contributed by atoms with Crippen LogP contribution in [0, 0.1) is 13.8 Å². The number of aromatic nitrogens is 2. The normalized spacial score (nSPS) is 14.7. The number of aryl methyl sites for hydroxylation is 1. The molecule has 0 aliphatic carbocycles. The summed E-state index contributed by atoms with van der Waals surface area (Å²) in [7, 11) is 3.38. The van der Waals surface area contributed by atoms with Crippen LogP contribution in [0.25, 0.3) is 5.69 Å². The van der Waals surface area contributed by atoms with E-state index in [1.807, 2.05) is 18.2 Å². The summed E-state index contributed by atoms with van der Waals surface area (Å²) in [5, 5.41) is 4.82. The number of hydrogen-bond donors (Lipinski definition) is 0. The van der Waals surface area contributed by atoms with Gasteiger partial charge in [0.15, 0.2) is 11.5 Å². The van der Waals surface area contributed by atoms with Crippen molar-refractivity contribution in [3.05, 3.63) is 65.5 Å². The summed E-state index contributed by atoms with van der Waals surface area (Å²) in [6.07, 6.45) is 0. The van der Waals surface area contributed by atoms with Crippen LogP contribution in [0.5, 0.6) is 11.5 Å². The number of ether oxygens (including phenoxy) is 2. The molecule has 0 unspecified atom stereocenters. The molecule has 3 aromatic rings.